The van der Waals surface area contributed by atoms with Gasteiger partial charge in [-0.2, -0.15) is 0 Å². The van der Waals surface area contributed by atoms with Crippen LogP contribution in [0.25, 0.3) is 11.1 Å². The number of carboxylic acids is 1. The van der Waals surface area contributed by atoms with E-state index in [0.29, 0.717) is 0 Å². The number of carbonyl (C=O) groups is 3. The number of rotatable bonds is 7. The smallest absolute Gasteiger partial charge is 0.407 e. The van der Waals surface area contributed by atoms with Gasteiger partial charge in [0.2, 0.25) is 5.91 Å². The number of amides is 2. The minimum atomic E-state index is -3.30. The third-order valence-corrected chi connectivity index (χ3v) is 8.77. The summed E-state index contributed by atoms with van der Waals surface area (Å²) in [6.07, 6.45) is -1.35. The molecule has 1 heterocycles. The van der Waals surface area contributed by atoms with E-state index in [1.54, 1.807) is 0 Å². The van der Waals surface area contributed by atoms with Gasteiger partial charge in [0, 0.05) is 12.0 Å². The molecule has 0 aromatic heterocycles. The van der Waals surface area contributed by atoms with Crippen molar-refractivity contribution in [3.8, 4) is 11.1 Å². The Kier molecular flexibility index (Phi) is 6.60. The SMILES string of the molecule is CC1C(NC(=O)C(CC(=O)O)NC(=O)OCC2c3ccccc3-c3ccccc32)CCS1(=O)=O. The molecule has 2 amide bonds. The highest BCUT2D eigenvalue weighted by Gasteiger charge is 2.39. The number of nitrogens with one attached hydrogen (secondary N) is 2. The van der Waals surface area contributed by atoms with Crippen LogP contribution in [0.2, 0.25) is 0 Å². The van der Waals surface area contributed by atoms with E-state index >= 15 is 0 Å². The quantitative estimate of drug-likeness (QED) is 0.544. The molecule has 10 heteroatoms. The number of hydrogen-bond acceptors (Lipinski definition) is 6. The number of ether oxygens (including phenoxy) is 1. The van der Waals surface area contributed by atoms with Gasteiger partial charge in [-0.1, -0.05) is 48.5 Å². The number of carbonyl (C=O) groups excluding carboxylic acids is 2. The van der Waals surface area contributed by atoms with Crippen LogP contribution in [0.5, 0.6) is 0 Å². The molecule has 0 spiro atoms. The predicted molar refractivity (Wildman–Crippen MR) is 124 cm³/mol. The highest BCUT2D eigenvalue weighted by atomic mass is 32.2. The lowest BCUT2D eigenvalue weighted by Crippen LogP contribution is -2.52. The molecule has 3 unspecified atom stereocenters. The van der Waals surface area contributed by atoms with Crippen molar-refractivity contribution < 1.29 is 32.6 Å². The predicted octanol–water partition coefficient (Wildman–Crippen LogP) is 2.06. The summed E-state index contributed by atoms with van der Waals surface area (Å²) in [4.78, 5) is 36.5. The molecule has 0 radical (unpaired) electrons. The number of aliphatic carboxylic acids is 1. The second kappa shape index (κ2) is 9.46. The van der Waals surface area contributed by atoms with E-state index < -0.39 is 51.6 Å². The van der Waals surface area contributed by atoms with E-state index in [0.717, 1.165) is 22.3 Å². The lowest BCUT2D eigenvalue weighted by Gasteiger charge is -2.22. The molecule has 2 aromatic carbocycles. The molecular formula is C24H26N2O7S. The highest BCUT2D eigenvalue weighted by Crippen LogP contribution is 2.44. The summed E-state index contributed by atoms with van der Waals surface area (Å²) in [6.45, 7) is 1.51. The number of sulfone groups is 1. The Labute approximate surface area is 197 Å². The van der Waals surface area contributed by atoms with Crippen molar-refractivity contribution in [2.24, 2.45) is 0 Å². The Balaban J connectivity index is 1.41. The third kappa shape index (κ3) is 4.77. The molecule has 1 aliphatic heterocycles. The van der Waals surface area contributed by atoms with Crippen molar-refractivity contribution in [2.45, 2.75) is 43.0 Å². The summed E-state index contributed by atoms with van der Waals surface area (Å²) in [7, 11) is -3.30. The first-order valence-corrected chi connectivity index (χ1v) is 12.7. The molecule has 0 bridgehead atoms. The van der Waals surface area contributed by atoms with Crippen LogP contribution in [0.1, 0.15) is 36.8 Å². The zero-order chi connectivity index (χ0) is 24.5. The second-order valence-electron chi connectivity index (χ2n) is 8.60. The first-order valence-electron chi connectivity index (χ1n) is 11.0. The van der Waals surface area contributed by atoms with Crippen molar-refractivity contribution in [2.75, 3.05) is 12.4 Å². The molecule has 0 saturated carbocycles. The Bertz CT molecular complexity index is 1180. The summed E-state index contributed by atoms with van der Waals surface area (Å²) < 4.78 is 29.3. The molecule has 4 rings (SSSR count). The summed E-state index contributed by atoms with van der Waals surface area (Å²) in [5, 5.41) is 13.3. The minimum Gasteiger partial charge on any atom is -0.481 e. The van der Waals surface area contributed by atoms with Crippen LogP contribution in [-0.4, -0.2) is 61.2 Å². The monoisotopic (exact) mass is 486 g/mol. The molecule has 1 aliphatic carbocycles. The standard InChI is InChI=1S/C24H26N2O7S/c1-14-20(10-11-34(14,31)32)25-23(29)21(12-22(27)28)26-24(30)33-13-19-17-8-4-2-6-15(17)16-7-3-5-9-18(16)19/h2-9,14,19-21H,10-13H2,1H3,(H,25,29)(H,26,30)(H,27,28). The summed E-state index contributed by atoms with van der Waals surface area (Å²) >= 11 is 0. The molecule has 9 nitrogen and oxygen atoms in total. The average Bonchev–Trinajstić information content (AvgIpc) is 3.25. The number of benzene rings is 2. The van der Waals surface area contributed by atoms with Crippen LogP contribution in [0.15, 0.2) is 48.5 Å². The Morgan fingerprint density at radius 3 is 2.18 bits per heavy atom. The third-order valence-electron chi connectivity index (χ3n) is 6.51. The van der Waals surface area contributed by atoms with Crippen LogP contribution < -0.4 is 10.6 Å². The molecule has 3 N–H and O–H groups in total. The average molecular weight is 487 g/mol. The van der Waals surface area contributed by atoms with Crippen LogP contribution in [0.4, 0.5) is 4.79 Å². The van der Waals surface area contributed by atoms with Crippen molar-refractivity contribution >= 4 is 27.8 Å². The normalized spacial score (nSPS) is 21.2. The first kappa shape index (κ1) is 23.7. The fraction of sp³-hybridized carbons (Fsp3) is 0.375. The molecule has 2 aromatic rings. The Hall–Kier alpha value is -3.40. The highest BCUT2D eigenvalue weighted by molar-refractivity contribution is 7.92. The van der Waals surface area contributed by atoms with Crippen molar-refractivity contribution in [3.63, 3.8) is 0 Å². The van der Waals surface area contributed by atoms with Gasteiger partial charge >= 0.3 is 12.1 Å². The number of fused-ring (bicyclic) bond motifs is 3. The maximum absolute atomic E-state index is 12.7. The van der Waals surface area contributed by atoms with Crippen molar-refractivity contribution in [1.29, 1.82) is 0 Å². The number of carboxylic acid groups (broad SMARTS) is 1. The van der Waals surface area contributed by atoms with Crippen LogP contribution >= 0.6 is 0 Å². The zero-order valence-corrected chi connectivity index (χ0v) is 19.4. The summed E-state index contributed by atoms with van der Waals surface area (Å²) in [5.41, 5.74) is 4.17. The second-order valence-corrected chi connectivity index (χ2v) is 11.1. The van der Waals surface area contributed by atoms with Crippen molar-refractivity contribution in [1.82, 2.24) is 10.6 Å². The van der Waals surface area contributed by atoms with Gasteiger partial charge in [0.25, 0.3) is 0 Å². The Morgan fingerprint density at radius 2 is 1.65 bits per heavy atom. The lowest BCUT2D eigenvalue weighted by atomic mass is 9.98. The largest absolute Gasteiger partial charge is 0.481 e. The lowest BCUT2D eigenvalue weighted by molar-refractivity contribution is -0.140. The van der Waals surface area contributed by atoms with Gasteiger partial charge in [0.1, 0.15) is 12.6 Å². The van der Waals surface area contributed by atoms with Gasteiger partial charge in [-0.25, -0.2) is 13.2 Å². The summed E-state index contributed by atoms with van der Waals surface area (Å²) in [6, 6.07) is 13.6. The number of alkyl carbamates (subject to hydrolysis) is 1. The van der Waals surface area contributed by atoms with Crippen LogP contribution in [0.3, 0.4) is 0 Å². The zero-order valence-electron chi connectivity index (χ0n) is 18.6. The maximum atomic E-state index is 12.7. The van der Waals surface area contributed by atoms with Gasteiger partial charge in [-0.3, -0.25) is 9.59 Å². The molecular weight excluding hydrogens is 460 g/mol. The van der Waals surface area contributed by atoms with E-state index in [9.17, 15) is 27.9 Å². The minimum absolute atomic E-state index is 0.0131. The Morgan fingerprint density at radius 1 is 1.06 bits per heavy atom. The molecule has 1 fully saturated rings. The van der Waals surface area contributed by atoms with E-state index in [1.807, 2.05) is 48.5 Å². The fourth-order valence-electron chi connectivity index (χ4n) is 4.60. The molecule has 180 valence electrons. The molecule has 2 aliphatic rings. The van der Waals surface area contributed by atoms with E-state index in [4.69, 9.17) is 4.74 Å². The first-order chi connectivity index (χ1) is 16.2. The van der Waals surface area contributed by atoms with E-state index in [1.165, 1.54) is 6.92 Å². The van der Waals surface area contributed by atoms with Crippen LogP contribution in [-0.2, 0) is 24.2 Å². The van der Waals surface area contributed by atoms with Gasteiger partial charge in [0.05, 0.1) is 17.4 Å². The van der Waals surface area contributed by atoms with Gasteiger partial charge < -0.3 is 20.5 Å². The number of hydrogen-bond donors (Lipinski definition) is 3. The van der Waals surface area contributed by atoms with Crippen molar-refractivity contribution in [3.05, 3.63) is 59.7 Å². The molecule has 1 saturated heterocycles. The van der Waals surface area contributed by atoms with Crippen LogP contribution in [0, 0.1) is 0 Å². The van der Waals surface area contributed by atoms with Gasteiger partial charge in [-0.05, 0) is 35.6 Å². The topological polar surface area (TPSA) is 139 Å². The van der Waals surface area contributed by atoms with Gasteiger partial charge in [0.15, 0.2) is 9.84 Å². The van der Waals surface area contributed by atoms with Gasteiger partial charge in [-0.15, -0.1) is 0 Å². The molecule has 34 heavy (non-hydrogen) atoms. The fourth-order valence-corrected chi connectivity index (χ4v) is 6.26. The van der Waals surface area contributed by atoms with E-state index in [-0.39, 0.29) is 24.7 Å². The summed E-state index contributed by atoms with van der Waals surface area (Å²) in [5.74, 6) is -2.28. The molecule has 3 atom stereocenters. The maximum Gasteiger partial charge on any atom is 0.407 e. The van der Waals surface area contributed by atoms with E-state index in [2.05, 4.69) is 10.6 Å².